The van der Waals surface area contributed by atoms with Gasteiger partial charge in [0.1, 0.15) is 5.69 Å². The average Bonchev–Trinajstić information content (AvgIpc) is 3.09. The van der Waals surface area contributed by atoms with E-state index in [1.54, 1.807) is 22.9 Å². The van der Waals surface area contributed by atoms with Crippen molar-refractivity contribution < 1.29 is 4.79 Å². The molecule has 0 atom stereocenters. The molecule has 0 unspecified atom stereocenters. The highest BCUT2D eigenvalue weighted by atomic mass is 32.1. The van der Waals surface area contributed by atoms with Crippen LogP contribution < -0.4 is 10.6 Å². The smallest absolute Gasteiger partial charge is 0.273 e. The predicted octanol–water partition coefficient (Wildman–Crippen LogP) is 1.14. The number of nitrogens with two attached hydrogens (primary N) is 1. The molecular formula is C11H13N5OS2. The predicted molar refractivity (Wildman–Crippen MR) is 76.8 cm³/mol. The topological polar surface area (TPSA) is 75.3 Å². The van der Waals surface area contributed by atoms with E-state index < -0.39 is 0 Å². The lowest BCUT2D eigenvalue weighted by atomic mass is 10.3. The van der Waals surface area contributed by atoms with Gasteiger partial charge in [-0.2, -0.15) is 0 Å². The fourth-order valence-electron chi connectivity index (χ4n) is 2.02. The maximum Gasteiger partial charge on any atom is 0.273 e. The second kappa shape index (κ2) is 5.14. The number of amides is 1. The van der Waals surface area contributed by atoms with Gasteiger partial charge in [-0.15, -0.1) is 22.7 Å². The summed E-state index contributed by atoms with van der Waals surface area (Å²) in [6, 6.07) is 0. The molecule has 100 valence electrons. The number of carbonyl (C=O) groups is 1. The Bertz CT molecular complexity index is 559. The van der Waals surface area contributed by atoms with Crippen molar-refractivity contribution >= 4 is 38.8 Å². The van der Waals surface area contributed by atoms with E-state index in [0.717, 1.165) is 18.2 Å². The van der Waals surface area contributed by atoms with Gasteiger partial charge < -0.3 is 15.5 Å². The first-order chi connectivity index (χ1) is 9.24. The van der Waals surface area contributed by atoms with Crippen LogP contribution in [0.5, 0.6) is 0 Å². The fourth-order valence-corrected chi connectivity index (χ4v) is 3.25. The number of nitrogens with zero attached hydrogens (tertiary/aromatic N) is 4. The first-order valence-electron chi connectivity index (χ1n) is 5.89. The summed E-state index contributed by atoms with van der Waals surface area (Å²) in [7, 11) is 0. The minimum absolute atomic E-state index is 0.0354. The molecule has 1 aliphatic rings. The Morgan fingerprint density at radius 3 is 2.63 bits per heavy atom. The summed E-state index contributed by atoms with van der Waals surface area (Å²) in [6.07, 6.45) is 1.80. The highest BCUT2D eigenvalue weighted by Gasteiger charge is 2.24. The maximum absolute atomic E-state index is 12.2. The summed E-state index contributed by atoms with van der Waals surface area (Å²) in [6.45, 7) is 2.99. The zero-order chi connectivity index (χ0) is 13.2. The van der Waals surface area contributed by atoms with E-state index in [0.29, 0.717) is 23.9 Å². The van der Waals surface area contributed by atoms with Gasteiger partial charge in [-0.05, 0) is 0 Å². The highest BCUT2D eigenvalue weighted by Crippen LogP contribution is 2.20. The van der Waals surface area contributed by atoms with Gasteiger partial charge in [0.05, 0.1) is 0 Å². The maximum atomic E-state index is 12.2. The zero-order valence-electron chi connectivity index (χ0n) is 10.2. The molecule has 2 aromatic rings. The van der Waals surface area contributed by atoms with Gasteiger partial charge in [0.15, 0.2) is 10.3 Å². The lowest BCUT2D eigenvalue weighted by Crippen LogP contribution is -2.48. The average molecular weight is 295 g/mol. The monoisotopic (exact) mass is 295 g/mol. The van der Waals surface area contributed by atoms with Crippen molar-refractivity contribution in [1.29, 1.82) is 0 Å². The molecule has 1 fully saturated rings. The molecule has 19 heavy (non-hydrogen) atoms. The number of carbonyl (C=O) groups excluding carboxylic acids is 1. The Labute approximate surface area is 118 Å². The molecular weight excluding hydrogens is 282 g/mol. The van der Waals surface area contributed by atoms with Crippen LogP contribution in [0, 0.1) is 0 Å². The molecule has 3 rings (SSSR count). The number of rotatable bonds is 2. The SMILES string of the molecule is Nc1nc(C(=O)N2CCN(c3nccs3)CC2)cs1. The number of anilines is 2. The molecule has 2 N–H and O–H groups in total. The van der Waals surface area contributed by atoms with E-state index in [9.17, 15) is 4.79 Å². The van der Waals surface area contributed by atoms with Crippen molar-refractivity contribution in [2.45, 2.75) is 0 Å². The molecule has 1 saturated heterocycles. The van der Waals surface area contributed by atoms with Crippen molar-refractivity contribution in [2.24, 2.45) is 0 Å². The molecule has 2 aromatic heterocycles. The number of thiazole rings is 2. The molecule has 3 heterocycles. The zero-order valence-corrected chi connectivity index (χ0v) is 11.8. The Kier molecular flexibility index (Phi) is 3.34. The number of piperazine rings is 1. The summed E-state index contributed by atoms with van der Waals surface area (Å²) in [5.41, 5.74) is 6.00. The van der Waals surface area contributed by atoms with Gasteiger partial charge in [-0.1, -0.05) is 0 Å². The largest absolute Gasteiger partial charge is 0.375 e. The molecule has 0 aliphatic carbocycles. The molecule has 0 saturated carbocycles. The summed E-state index contributed by atoms with van der Waals surface area (Å²) in [5, 5.41) is 5.13. The van der Waals surface area contributed by atoms with Gasteiger partial charge >= 0.3 is 0 Å². The van der Waals surface area contributed by atoms with Crippen LogP contribution in [0.3, 0.4) is 0 Å². The van der Waals surface area contributed by atoms with Gasteiger partial charge in [0, 0.05) is 43.1 Å². The standard InChI is InChI=1S/C11H13N5OS2/c12-10-14-8(7-19-10)9(17)15-2-4-16(5-3-15)11-13-1-6-18-11/h1,6-7H,2-5H2,(H2,12,14). The van der Waals surface area contributed by atoms with Crippen LogP contribution in [0.1, 0.15) is 10.5 Å². The van der Waals surface area contributed by atoms with Crippen molar-refractivity contribution in [3.8, 4) is 0 Å². The van der Waals surface area contributed by atoms with Crippen molar-refractivity contribution in [3.05, 3.63) is 22.7 Å². The summed E-state index contributed by atoms with van der Waals surface area (Å²) in [4.78, 5) is 24.5. The van der Waals surface area contributed by atoms with Gasteiger partial charge in [0.25, 0.3) is 5.91 Å². The van der Waals surface area contributed by atoms with E-state index in [-0.39, 0.29) is 5.91 Å². The first kappa shape index (κ1) is 12.4. The molecule has 0 bridgehead atoms. The highest BCUT2D eigenvalue weighted by molar-refractivity contribution is 7.13. The Balaban J connectivity index is 1.62. The number of aromatic nitrogens is 2. The Morgan fingerprint density at radius 2 is 2.05 bits per heavy atom. The third-order valence-corrected chi connectivity index (χ3v) is 4.50. The quantitative estimate of drug-likeness (QED) is 0.899. The molecule has 0 radical (unpaired) electrons. The van der Waals surface area contributed by atoms with E-state index in [4.69, 9.17) is 5.73 Å². The van der Waals surface area contributed by atoms with Crippen LogP contribution in [0.15, 0.2) is 17.0 Å². The van der Waals surface area contributed by atoms with Crippen LogP contribution >= 0.6 is 22.7 Å². The third-order valence-electron chi connectivity index (χ3n) is 3.00. The van der Waals surface area contributed by atoms with E-state index in [1.165, 1.54) is 11.3 Å². The van der Waals surface area contributed by atoms with Gasteiger partial charge in [-0.25, -0.2) is 9.97 Å². The second-order valence-corrected chi connectivity index (χ2v) is 5.93. The molecule has 1 aliphatic heterocycles. The van der Waals surface area contributed by atoms with Crippen LogP contribution in [-0.2, 0) is 0 Å². The van der Waals surface area contributed by atoms with E-state index in [2.05, 4.69) is 14.9 Å². The van der Waals surface area contributed by atoms with E-state index in [1.807, 2.05) is 10.3 Å². The Morgan fingerprint density at radius 1 is 1.26 bits per heavy atom. The summed E-state index contributed by atoms with van der Waals surface area (Å²) >= 11 is 2.92. The molecule has 1 amide bonds. The van der Waals surface area contributed by atoms with Crippen LogP contribution in [0.25, 0.3) is 0 Å². The third kappa shape index (κ3) is 2.54. The minimum atomic E-state index is -0.0354. The van der Waals surface area contributed by atoms with E-state index >= 15 is 0 Å². The fraction of sp³-hybridized carbons (Fsp3) is 0.364. The molecule has 0 aromatic carbocycles. The molecule has 8 heteroatoms. The van der Waals surface area contributed by atoms with Gasteiger partial charge in [0.2, 0.25) is 0 Å². The number of nitrogen functional groups attached to an aromatic ring is 1. The minimum Gasteiger partial charge on any atom is -0.375 e. The van der Waals surface area contributed by atoms with Crippen LogP contribution in [-0.4, -0.2) is 47.0 Å². The summed E-state index contributed by atoms with van der Waals surface area (Å²) in [5.74, 6) is -0.0354. The first-order valence-corrected chi connectivity index (χ1v) is 7.64. The summed E-state index contributed by atoms with van der Waals surface area (Å²) < 4.78 is 0. The second-order valence-electron chi connectivity index (χ2n) is 4.16. The van der Waals surface area contributed by atoms with Gasteiger partial charge in [-0.3, -0.25) is 4.79 Å². The Hall–Kier alpha value is -1.67. The van der Waals surface area contributed by atoms with Crippen molar-refractivity contribution in [2.75, 3.05) is 36.8 Å². The normalized spacial score (nSPS) is 15.8. The molecule has 6 nitrogen and oxygen atoms in total. The molecule has 0 spiro atoms. The van der Waals surface area contributed by atoms with Crippen molar-refractivity contribution in [1.82, 2.24) is 14.9 Å². The van der Waals surface area contributed by atoms with Crippen LogP contribution in [0.4, 0.5) is 10.3 Å². The lowest BCUT2D eigenvalue weighted by molar-refractivity contribution is 0.0742. The lowest BCUT2D eigenvalue weighted by Gasteiger charge is -2.34. The number of hydrogen-bond acceptors (Lipinski definition) is 7. The van der Waals surface area contributed by atoms with Crippen molar-refractivity contribution in [3.63, 3.8) is 0 Å². The number of hydrogen-bond donors (Lipinski definition) is 1. The van der Waals surface area contributed by atoms with Crippen LogP contribution in [0.2, 0.25) is 0 Å².